The van der Waals surface area contributed by atoms with Gasteiger partial charge in [-0.2, -0.15) is 0 Å². The highest BCUT2D eigenvalue weighted by atomic mass is 16.5. The molecule has 0 aromatic heterocycles. The summed E-state index contributed by atoms with van der Waals surface area (Å²) in [5.41, 5.74) is 3.79. The minimum absolute atomic E-state index is 0.144. The number of hydrogen-bond acceptors (Lipinski definition) is 3. The van der Waals surface area contributed by atoms with E-state index in [4.69, 9.17) is 4.74 Å². The Labute approximate surface area is 95.8 Å². The van der Waals surface area contributed by atoms with Crippen LogP contribution in [0.2, 0.25) is 0 Å². The number of fused-ring (bicyclic) bond motifs is 1. The Kier molecular flexibility index (Phi) is 3.13. The van der Waals surface area contributed by atoms with Crippen LogP contribution >= 0.6 is 0 Å². The molecule has 0 spiro atoms. The number of carbonyl (C=O) groups excluding carboxylic acids is 1. The van der Waals surface area contributed by atoms with E-state index in [0.29, 0.717) is 6.42 Å². The normalized spacial score (nSPS) is 18.5. The number of methoxy groups -OCH3 is 1. The van der Waals surface area contributed by atoms with Crippen molar-refractivity contribution >= 4 is 11.7 Å². The van der Waals surface area contributed by atoms with Crippen LogP contribution in [-0.4, -0.2) is 19.1 Å². The number of ether oxygens (including phenoxy) is 1. The fourth-order valence-corrected chi connectivity index (χ4v) is 2.19. The number of benzene rings is 1. The highest BCUT2D eigenvalue weighted by Crippen LogP contribution is 2.28. The maximum atomic E-state index is 11.2. The van der Waals surface area contributed by atoms with E-state index in [1.807, 2.05) is 0 Å². The van der Waals surface area contributed by atoms with Crippen molar-refractivity contribution in [3.63, 3.8) is 0 Å². The van der Waals surface area contributed by atoms with E-state index >= 15 is 0 Å². The molecule has 3 nitrogen and oxygen atoms in total. The Morgan fingerprint density at radius 2 is 2.38 bits per heavy atom. The molecule has 1 atom stereocenters. The first-order chi connectivity index (χ1) is 7.70. The maximum Gasteiger partial charge on any atom is 0.307 e. The van der Waals surface area contributed by atoms with Gasteiger partial charge >= 0.3 is 5.97 Å². The highest BCUT2D eigenvalue weighted by molar-refractivity contribution is 5.71. The number of carbonyl (C=O) groups is 1. The average Bonchev–Trinajstić information content (AvgIpc) is 2.30. The summed E-state index contributed by atoms with van der Waals surface area (Å²) < 4.78 is 4.69. The van der Waals surface area contributed by atoms with Crippen LogP contribution in [0, 0.1) is 6.92 Å². The number of anilines is 1. The number of esters is 1. The Bertz CT molecular complexity index is 401. The number of rotatable bonds is 2. The molecule has 1 aromatic carbocycles. The molecule has 1 heterocycles. The number of aryl methyl sites for hydroxylation is 2. The van der Waals surface area contributed by atoms with Crippen LogP contribution in [0.15, 0.2) is 18.2 Å². The average molecular weight is 219 g/mol. The van der Waals surface area contributed by atoms with Crippen molar-refractivity contribution in [2.24, 2.45) is 0 Å². The molecule has 1 N–H and O–H groups in total. The third kappa shape index (κ3) is 2.18. The molecule has 0 amide bonds. The van der Waals surface area contributed by atoms with E-state index in [1.165, 1.54) is 23.9 Å². The first-order valence-electron chi connectivity index (χ1n) is 5.62. The lowest BCUT2D eigenvalue weighted by Crippen LogP contribution is -2.28. The predicted molar refractivity (Wildman–Crippen MR) is 63.5 cm³/mol. The van der Waals surface area contributed by atoms with Gasteiger partial charge in [0, 0.05) is 11.7 Å². The largest absolute Gasteiger partial charge is 0.469 e. The summed E-state index contributed by atoms with van der Waals surface area (Å²) in [6.45, 7) is 2.09. The molecule has 0 bridgehead atoms. The van der Waals surface area contributed by atoms with Crippen molar-refractivity contribution in [2.75, 3.05) is 12.4 Å². The van der Waals surface area contributed by atoms with Crippen LogP contribution in [0.5, 0.6) is 0 Å². The van der Waals surface area contributed by atoms with Crippen LogP contribution in [-0.2, 0) is 16.0 Å². The molecule has 2 rings (SSSR count). The van der Waals surface area contributed by atoms with Crippen LogP contribution in [0.25, 0.3) is 0 Å². The van der Waals surface area contributed by atoms with E-state index in [2.05, 4.69) is 30.4 Å². The van der Waals surface area contributed by atoms with Gasteiger partial charge in [0.05, 0.1) is 13.5 Å². The third-order valence-electron chi connectivity index (χ3n) is 3.11. The molecule has 0 fully saturated rings. The van der Waals surface area contributed by atoms with Gasteiger partial charge in [-0.05, 0) is 30.9 Å². The molecule has 1 unspecified atom stereocenters. The summed E-state index contributed by atoms with van der Waals surface area (Å²) >= 11 is 0. The van der Waals surface area contributed by atoms with Gasteiger partial charge in [-0.15, -0.1) is 0 Å². The second kappa shape index (κ2) is 4.56. The second-order valence-corrected chi connectivity index (χ2v) is 4.27. The molecule has 0 saturated carbocycles. The fourth-order valence-electron chi connectivity index (χ4n) is 2.19. The zero-order valence-corrected chi connectivity index (χ0v) is 9.75. The first-order valence-corrected chi connectivity index (χ1v) is 5.62. The van der Waals surface area contributed by atoms with Crippen molar-refractivity contribution < 1.29 is 9.53 Å². The van der Waals surface area contributed by atoms with Gasteiger partial charge in [0.1, 0.15) is 0 Å². The summed E-state index contributed by atoms with van der Waals surface area (Å²) in [4.78, 5) is 11.2. The minimum Gasteiger partial charge on any atom is -0.469 e. The van der Waals surface area contributed by atoms with Crippen molar-refractivity contribution in [1.82, 2.24) is 0 Å². The molecular weight excluding hydrogens is 202 g/mol. The quantitative estimate of drug-likeness (QED) is 0.775. The van der Waals surface area contributed by atoms with Crippen LogP contribution in [0.3, 0.4) is 0 Å². The number of hydrogen-bond donors (Lipinski definition) is 1. The Morgan fingerprint density at radius 3 is 3.12 bits per heavy atom. The first kappa shape index (κ1) is 11.0. The standard InChI is InChI=1S/C13H17NO2/c1-9-4-3-5-10-6-7-11(14-13(9)10)8-12(15)16-2/h3-5,11,14H,6-8H2,1-2H3. The summed E-state index contributed by atoms with van der Waals surface area (Å²) in [6.07, 6.45) is 2.47. The lowest BCUT2D eigenvalue weighted by Gasteiger charge is -2.27. The molecule has 0 radical (unpaired) electrons. The molecule has 1 aliphatic rings. The van der Waals surface area contributed by atoms with Crippen molar-refractivity contribution in [3.05, 3.63) is 29.3 Å². The summed E-state index contributed by atoms with van der Waals surface area (Å²) in [5.74, 6) is -0.144. The topological polar surface area (TPSA) is 38.3 Å². The van der Waals surface area contributed by atoms with Crippen LogP contribution in [0.1, 0.15) is 24.0 Å². The van der Waals surface area contributed by atoms with Gasteiger partial charge in [-0.25, -0.2) is 0 Å². The lowest BCUT2D eigenvalue weighted by atomic mass is 9.94. The summed E-state index contributed by atoms with van der Waals surface area (Å²) in [5, 5.41) is 3.43. The SMILES string of the molecule is COC(=O)CC1CCc2cccc(C)c2N1. The van der Waals surface area contributed by atoms with Gasteiger partial charge in [0.15, 0.2) is 0 Å². The Hall–Kier alpha value is -1.51. The smallest absolute Gasteiger partial charge is 0.307 e. The predicted octanol–water partition coefficient (Wildman–Crippen LogP) is 2.28. The van der Waals surface area contributed by atoms with Gasteiger partial charge in [0.2, 0.25) is 0 Å². The molecule has 1 aromatic rings. The number of nitrogens with one attached hydrogen (secondary N) is 1. The van der Waals surface area contributed by atoms with Crippen molar-refractivity contribution in [3.8, 4) is 0 Å². The van der Waals surface area contributed by atoms with Gasteiger partial charge < -0.3 is 10.1 Å². The van der Waals surface area contributed by atoms with Crippen LogP contribution < -0.4 is 5.32 Å². The van der Waals surface area contributed by atoms with Crippen molar-refractivity contribution in [2.45, 2.75) is 32.2 Å². The van der Waals surface area contributed by atoms with E-state index in [9.17, 15) is 4.79 Å². The zero-order valence-electron chi connectivity index (χ0n) is 9.75. The monoisotopic (exact) mass is 219 g/mol. The van der Waals surface area contributed by atoms with E-state index < -0.39 is 0 Å². The zero-order chi connectivity index (χ0) is 11.5. The molecule has 0 saturated heterocycles. The molecule has 86 valence electrons. The minimum atomic E-state index is -0.144. The summed E-state index contributed by atoms with van der Waals surface area (Å²) in [6, 6.07) is 6.52. The second-order valence-electron chi connectivity index (χ2n) is 4.27. The number of para-hydroxylation sites is 1. The van der Waals surface area contributed by atoms with Crippen molar-refractivity contribution in [1.29, 1.82) is 0 Å². The molecular formula is C13H17NO2. The van der Waals surface area contributed by atoms with Crippen LogP contribution in [0.4, 0.5) is 5.69 Å². The summed E-state index contributed by atoms with van der Waals surface area (Å²) in [7, 11) is 1.43. The molecule has 3 heteroatoms. The highest BCUT2D eigenvalue weighted by Gasteiger charge is 2.21. The van der Waals surface area contributed by atoms with Gasteiger partial charge in [0.25, 0.3) is 0 Å². The van der Waals surface area contributed by atoms with E-state index in [-0.39, 0.29) is 12.0 Å². The molecule has 16 heavy (non-hydrogen) atoms. The van der Waals surface area contributed by atoms with Gasteiger partial charge in [-0.1, -0.05) is 18.2 Å². The lowest BCUT2D eigenvalue weighted by molar-refractivity contribution is -0.140. The van der Waals surface area contributed by atoms with E-state index in [1.54, 1.807) is 0 Å². The Morgan fingerprint density at radius 1 is 1.56 bits per heavy atom. The molecule has 1 aliphatic heterocycles. The fraction of sp³-hybridized carbons (Fsp3) is 0.462. The van der Waals surface area contributed by atoms with E-state index in [0.717, 1.165) is 12.8 Å². The third-order valence-corrected chi connectivity index (χ3v) is 3.11. The maximum absolute atomic E-state index is 11.2. The van der Waals surface area contributed by atoms with Gasteiger partial charge in [-0.3, -0.25) is 4.79 Å². The molecule has 0 aliphatic carbocycles. The Balaban J connectivity index is 2.11.